The number of nitrogens with one attached hydrogen (secondary N) is 1. The van der Waals surface area contributed by atoms with Gasteiger partial charge in [-0.25, -0.2) is 0 Å². The lowest BCUT2D eigenvalue weighted by Gasteiger charge is -2.12. The summed E-state index contributed by atoms with van der Waals surface area (Å²) < 4.78 is 11.0. The largest absolute Gasteiger partial charge is 0.468 e. The fraction of sp³-hybridized carbons (Fsp3) is 0.176. The molecular weight excluding hydrogens is 312 g/mol. The number of aliphatic hydroxyl groups excluding tert-OH is 1. The zero-order chi connectivity index (χ0) is 16.9. The molecule has 0 saturated heterocycles. The first-order chi connectivity index (χ1) is 11.7. The second kappa shape index (κ2) is 7.12. The van der Waals surface area contributed by atoms with E-state index in [2.05, 4.69) is 5.32 Å². The minimum absolute atomic E-state index is 0.00446. The molecule has 0 aliphatic carbocycles. The van der Waals surface area contributed by atoms with Gasteiger partial charge in [-0.15, -0.1) is 0 Å². The van der Waals surface area contributed by atoms with E-state index in [1.165, 1.54) is 6.07 Å². The number of rotatable bonds is 7. The van der Waals surface area contributed by atoms with Gasteiger partial charge < -0.3 is 13.9 Å². The Morgan fingerprint density at radius 2 is 2.00 bits per heavy atom. The lowest BCUT2D eigenvalue weighted by Crippen LogP contribution is -2.23. The lowest BCUT2D eigenvalue weighted by atomic mass is 10.1. The highest BCUT2D eigenvalue weighted by atomic mass is 16.6. The van der Waals surface area contributed by atoms with Crippen LogP contribution in [0, 0.1) is 10.1 Å². The molecule has 0 amide bonds. The van der Waals surface area contributed by atoms with E-state index in [0.29, 0.717) is 29.4 Å². The van der Waals surface area contributed by atoms with Crippen LogP contribution in [0.15, 0.2) is 63.6 Å². The highest BCUT2D eigenvalue weighted by Crippen LogP contribution is 2.30. The second-order valence-corrected chi connectivity index (χ2v) is 5.17. The van der Waals surface area contributed by atoms with E-state index in [0.717, 1.165) is 0 Å². The molecule has 0 fully saturated rings. The van der Waals surface area contributed by atoms with Gasteiger partial charge in [0.15, 0.2) is 0 Å². The van der Waals surface area contributed by atoms with Gasteiger partial charge in [0.1, 0.15) is 17.3 Å². The highest BCUT2D eigenvalue weighted by Gasteiger charge is 2.18. The van der Waals surface area contributed by atoms with Crippen molar-refractivity contribution in [1.82, 2.24) is 5.32 Å². The summed E-state index contributed by atoms with van der Waals surface area (Å²) in [6.45, 7) is 0.234. The quantitative estimate of drug-likeness (QED) is 0.510. The summed E-state index contributed by atoms with van der Waals surface area (Å²) in [6, 6.07) is 13.0. The van der Waals surface area contributed by atoms with Gasteiger partial charge in [0.2, 0.25) is 0 Å². The second-order valence-electron chi connectivity index (χ2n) is 5.17. The van der Waals surface area contributed by atoms with Gasteiger partial charge in [0, 0.05) is 6.07 Å². The van der Waals surface area contributed by atoms with Gasteiger partial charge in [-0.2, -0.15) is 0 Å². The summed E-state index contributed by atoms with van der Waals surface area (Å²) in [4.78, 5) is 10.7. The molecule has 1 atom stereocenters. The van der Waals surface area contributed by atoms with Gasteiger partial charge >= 0.3 is 0 Å². The number of nitro benzene ring substituents is 1. The topological polar surface area (TPSA) is 102 Å². The SMILES string of the molecule is O=[N+]([O-])c1ccccc1-c1ccc(CNC(CO)c2ccco2)o1. The molecule has 0 radical (unpaired) electrons. The first kappa shape index (κ1) is 16.0. The number of hydrogen-bond acceptors (Lipinski definition) is 6. The van der Waals surface area contributed by atoms with Crippen LogP contribution in [-0.4, -0.2) is 16.6 Å². The maximum Gasteiger partial charge on any atom is 0.280 e. The minimum Gasteiger partial charge on any atom is -0.468 e. The Hall–Kier alpha value is -2.90. The number of furan rings is 2. The van der Waals surface area contributed by atoms with Crippen molar-refractivity contribution < 1.29 is 18.9 Å². The molecular formula is C17H16N2O5. The van der Waals surface area contributed by atoms with Gasteiger partial charge in [0.05, 0.1) is 35.9 Å². The van der Waals surface area contributed by atoms with E-state index in [-0.39, 0.29) is 18.3 Å². The Labute approximate surface area is 137 Å². The maximum atomic E-state index is 11.1. The van der Waals surface area contributed by atoms with Crippen LogP contribution in [0.2, 0.25) is 0 Å². The molecule has 3 rings (SSSR count). The van der Waals surface area contributed by atoms with Crippen LogP contribution in [0.4, 0.5) is 5.69 Å². The van der Waals surface area contributed by atoms with E-state index in [1.54, 1.807) is 48.7 Å². The fourth-order valence-corrected chi connectivity index (χ4v) is 2.43. The Kier molecular flexibility index (Phi) is 4.74. The van der Waals surface area contributed by atoms with Crippen LogP contribution < -0.4 is 5.32 Å². The molecule has 0 aliphatic heterocycles. The number of nitro groups is 1. The van der Waals surface area contributed by atoms with Crippen LogP contribution in [0.25, 0.3) is 11.3 Å². The van der Waals surface area contributed by atoms with E-state index in [1.807, 2.05) is 0 Å². The van der Waals surface area contributed by atoms with Crippen molar-refractivity contribution in [3.05, 3.63) is 76.4 Å². The van der Waals surface area contributed by atoms with Gasteiger partial charge in [-0.1, -0.05) is 12.1 Å². The molecule has 0 aliphatic rings. The molecule has 1 unspecified atom stereocenters. The van der Waals surface area contributed by atoms with Crippen molar-refractivity contribution in [3.63, 3.8) is 0 Å². The first-order valence-corrected chi connectivity index (χ1v) is 7.39. The standard InChI is InChI=1S/C17H16N2O5/c20-11-14(17-6-3-9-23-17)18-10-12-7-8-16(24-12)13-4-1-2-5-15(13)19(21)22/h1-9,14,18,20H,10-11H2. The maximum absolute atomic E-state index is 11.1. The fourth-order valence-electron chi connectivity index (χ4n) is 2.43. The number of hydrogen-bond donors (Lipinski definition) is 2. The van der Waals surface area contributed by atoms with E-state index in [4.69, 9.17) is 8.83 Å². The van der Waals surface area contributed by atoms with E-state index < -0.39 is 4.92 Å². The summed E-state index contributed by atoms with van der Waals surface area (Å²) in [5.74, 6) is 1.66. The molecule has 2 aromatic heterocycles. The molecule has 7 nitrogen and oxygen atoms in total. The summed E-state index contributed by atoms with van der Waals surface area (Å²) in [5.41, 5.74) is 0.425. The van der Waals surface area contributed by atoms with Crippen molar-refractivity contribution in [1.29, 1.82) is 0 Å². The molecule has 0 bridgehead atoms. The molecule has 0 saturated carbocycles. The third-order valence-corrected chi connectivity index (χ3v) is 3.62. The monoisotopic (exact) mass is 328 g/mol. The highest BCUT2D eigenvalue weighted by molar-refractivity contribution is 5.69. The minimum atomic E-state index is -0.436. The van der Waals surface area contributed by atoms with E-state index >= 15 is 0 Å². The Morgan fingerprint density at radius 3 is 2.71 bits per heavy atom. The summed E-state index contributed by atoms with van der Waals surface area (Å²) in [6.07, 6.45) is 1.54. The predicted octanol–water partition coefficient (Wildman–Crippen LogP) is 3.27. The van der Waals surface area contributed by atoms with Gasteiger partial charge in [0.25, 0.3) is 5.69 Å². The molecule has 7 heteroatoms. The van der Waals surface area contributed by atoms with Crippen LogP contribution in [0.3, 0.4) is 0 Å². The van der Waals surface area contributed by atoms with Crippen molar-refractivity contribution in [2.75, 3.05) is 6.61 Å². The number of benzene rings is 1. The van der Waals surface area contributed by atoms with Gasteiger partial charge in [-0.3, -0.25) is 15.4 Å². The zero-order valence-electron chi connectivity index (χ0n) is 12.7. The molecule has 3 aromatic rings. The summed E-state index contributed by atoms with van der Waals surface area (Å²) in [5, 5.41) is 23.6. The third kappa shape index (κ3) is 3.37. The first-order valence-electron chi connectivity index (χ1n) is 7.39. The van der Waals surface area contributed by atoms with Crippen molar-refractivity contribution in [3.8, 4) is 11.3 Å². The number of aliphatic hydroxyl groups is 1. The Bertz CT molecular complexity index is 810. The summed E-state index contributed by atoms with van der Waals surface area (Å²) >= 11 is 0. The normalized spacial score (nSPS) is 12.2. The molecule has 1 aromatic carbocycles. The van der Waals surface area contributed by atoms with Crippen LogP contribution in [-0.2, 0) is 6.54 Å². The van der Waals surface area contributed by atoms with Crippen LogP contribution >= 0.6 is 0 Å². The molecule has 124 valence electrons. The summed E-state index contributed by atoms with van der Waals surface area (Å²) in [7, 11) is 0. The third-order valence-electron chi connectivity index (χ3n) is 3.62. The van der Waals surface area contributed by atoms with Crippen molar-refractivity contribution in [2.24, 2.45) is 0 Å². The molecule has 2 heterocycles. The zero-order valence-corrected chi connectivity index (χ0v) is 12.7. The smallest absolute Gasteiger partial charge is 0.280 e. The molecule has 2 N–H and O–H groups in total. The van der Waals surface area contributed by atoms with E-state index in [9.17, 15) is 15.2 Å². The number of nitrogens with zero attached hydrogens (tertiary/aromatic N) is 1. The Balaban J connectivity index is 1.73. The lowest BCUT2D eigenvalue weighted by molar-refractivity contribution is -0.384. The van der Waals surface area contributed by atoms with Gasteiger partial charge in [-0.05, 0) is 30.3 Å². The number of para-hydroxylation sites is 1. The average molecular weight is 328 g/mol. The molecule has 0 spiro atoms. The van der Waals surface area contributed by atoms with Crippen LogP contribution in [0.1, 0.15) is 17.6 Å². The van der Waals surface area contributed by atoms with Crippen LogP contribution in [0.5, 0.6) is 0 Å². The van der Waals surface area contributed by atoms with Crippen molar-refractivity contribution in [2.45, 2.75) is 12.6 Å². The Morgan fingerprint density at radius 1 is 1.17 bits per heavy atom. The molecule has 24 heavy (non-hydrogen) atoms. The predicted molar refractivity (Wildman–Crippen MR) is 86.2 cm³/mol. The van der Waals surface area contributed by atoms with Crippen molar-refractivity contribution >= 4 is 5.69 Å². The average Bonchev–Trinajstić information content (AvgIpc) is 3.27.